The smallest absolute Gasteiger partial charge is 0.149 e. The lowest BCUT2D eigenvalue weighted by atomic mass is 10.2. The van der Waals surface area contributed by atoms with Crippen molar-refractivity contribution in [2.45, 2.75) is 25.3 Å². The van der Waals surface area contributed by atoms with Crippen molar-refractivity contribution in [2.24, 2.45) is 5.73 Å². The van der Waals surface area contributed by atoms with E-state index in [1.807, 2.05) is 13.0 Å². The molecule has 0 atom stereocenters. The standard InChI is InChI=1S/C12H12BrN3S/c1-7-4-9(10-5-8(13)6-17-10)16-11(15-7)12(14)2-3-12/h4-6H,2-3,14H2,1H3. The van der Waals surface area contributed by atoms with Gasteiger partial charge >= 0.3 is 0 Å². The van der Waals surface area contributed by atoms with E-state index in [0.717, 1.165) is 39.4 Å². The predicted molar refractivity (Wildman–Crippen MR) is 72.9 cm³/mol. The highest BCUT2D eigenvalue weighted by Gasteiger charge is 2.43. The van der Waals surface area contributed by atoms with Crippen molar-refractivity contribution in [2.75, 3.05) is 0 Å². The Kier molecular flexibility index (Phi) is 2.57. The molecule has 2 N–H and O–H groups in total. The van der Waals surface area contributed by atoms with Crippen molar-refractivity contribution in [1.29, 1.82) is 0 Å². The minimum Gasteiger partial charge on any atom is -0.319 e. The van der Waals surface area contributed by atoms with Crippen molar-refractivity contribution in [3.8, 4) is 10.6 Å². The first kappa shape index (κ1) is 11.3. The molecule has 1 fully saturated rings. The third-order valence-electron chi connectivity index (χ3n) is 2.91. The monoisotopic (exact) mass is 309 g/mol. The molecule has 2 aromatic heterocycles. The van der Waals surface area contributed by atoms with Crippen LogP contribution in [0.5, 0.6) is 0 Å². The van der Waals surface area contributed by atoms with Crippen molar-refractivity contribution >= 4 is 27.3 Å². The van der Waals surface area contributed by atoms with Crippen LogP contribution in [0.4, 0.5) is 0 Å². The van der Waals surface area contributed by atoms with Crippen LogP contribution in [-0.4, -0.2) is 9.97 Å². The van der Waals surface area contributed by atoms with E-state index in [0.29, 0.717) is 0 Å². The van der Waals surface area contributed by atoms with Gasteiger partial charge in [-0.2, -0.15) is 0 Å². The fourth-order valence-electron chi connectivity index (χ4n) is 1.72. The predicted octanol–water partition coefficient (Wildman–Crippen LogP) is 3.22. The molecule has 1 saturated carbocycles. The summed E-state index contributed by atoms with van der Waals surface area (Å²) < 4.78 is 1.09. The Labute approximate surface area is 112 Å². The van der Waals surface area contributed by atoms with Crippen LogP contribution >= 0.6 is 27.3 Å². The van der Waals surface area contributed by atoms with Crippen LogP contribution in [0.15, 0.2) is 22.0 Å². The Morgan fingerprint density at radius 1 is 1.35 bits per heavy atom. The average molecular weight is 310 g/mol. The van der Waals surface area contributed by atoms with Gasteiger partial charge in [-0.1, -0.05) is 0 Å². The van der Waals surface area contributed by atoms with E-state index < -0.39 is 0 Å². The molecule has 0 bridgehead atoms. The Hall–Kier alpha value is -0.780. The van der Waals surface area contributed by atoms with Gasteiger partial charge in [0.25, 0.3) is 0 Å². The highest BCUT2D eigenvalue weighted by molar-refractivity contribution is 9.10. The molecule has 88 valence electrons. The van der Waals surface area contributed by atoms with E-state index in [9.17, 15) is 0 Å². The topological polar surface area (TPSA) is 51.8 Å². The van der Waals surface area contributed by atoms with E-state index in [4.69, 9.17) is 5.73 Å². The molecule has 3 rings (SSSR count). The van der Waals surface area contributed by atoms with E-state index in [1.54, 1.807) is 11.3 Å². The molecule has 2 heterocycles. The zero-order valence-corrected chi connectivity index (χ0v) is 11.8. The Balaban J connectivity index is 2.08. The molecule has 0 spiro atoms. The van der Waals surface area contributed by atoms with Gasteiger partial charge in [0, 0.05) is 15.5 Å². The maximum atomic E-state index is 6.16. The third-order valence-corrected chi connectivity index (χ3v) is 4.62. The van der Waals surface area contributed by atoms with E-state index in [1.165, 1.54) is 0 Å². The summed E-state index contributed by atoms with van der Waals surface area (Å²) in [6.07, 6.45) is 1.98. The summed E-state index contributed by atoms with van der Waals surface area (Å²) in [6, 6.07) is 4.08. The Morgan fingerprint density at radius 2 is 2.12 bits per heavy atom. The van der Waals surface area contributed by atoms with E-state index in [-0.39, 0.29) is 5.54 Å². The van der Waals surface area contributed by atoms with Crippen molar-refractivity contribution in [1.82, 2.24) is 9.97 Å². The second kappa shape index (κ2) is 3.86. The summed E-state index contributed by atoms with van der Waals surface area (Å²) in [5, 5.41) is 2.06. The van der Waals surface area contributed by atoms with Crippen LogP contribution in [0.25, 0.3) is 10.6 Å². The lowest BCUT2D eigenvalue weighted by Gasteiger charge is -2.09. The lowest BCUT2D eigenvalue weighted by molar-refractivity contribution is 0.669. The minimum atomic E-state index is -0.269. The summed E-state index contributed by atoms with van der Waals surface area (Å²) in [7, 11) is 0. The largest absolute Gasteiger partial charge is 0.319 e. The maximum Gasteiger partial charge on any atom is 0.149 e. The fraction of sp³-hybridized carbons (Fsp3) is 0.333. The van der Waals surface area contributed by atoms with E-state index >= 15 is 0 Å². The molecule has 0 saturated heterocycles. The highest BCUT2D eigenvalue weighted by Crippen LogP contribution is 2.41. The molecule has 0 amide bonds. The van der Waals surface area contributed by atoms with Crippen LogP contribution in [-0.2, 0) is 5.54 Å². The number of aromatic nitrogens is 2. The summed E-state index contributed by atoms with van der Waals surface area (Å²) in [5.41, 5.74) is 7.84. The summed E-state index contributed by atoms with van der Waals surface area (Å²) >= 11 is 5.13. The summed E-state index contributed by atoms with van der Waals surface area (Å²) in [5.74, 6) is 0.789. The number of nitrogens with two attached hydrogens (primary N) is 1. The molecule has 17 heavy (non-hydrogen) atoms. The zero-order valence-electron chi connectivity index (χ0n) is 9.40. The molecule has 0 aliphatic heterocycles. The van der Waals surface area contributed by atoms with Crippen LogP contribution in [0.3, 0.4) is 0 Å². The van der Waals surface area contributed by atoms with Gasteiger partial charge in [0.05, 0.1) is 16.1 Å². The summed E-state index contributed by atoms with van der Waals surface area (Å²) in [6.45, 7) is 1.99. The van der Waals surface area contributed by atoms with Gasteiger partial charge in [-0.15, -0.1) is 11.3 Å². The summed E-state index contributed by atoms with van der Waals surface area (Å²) in [4.78, 5) is 10.2. The van der Waals surface area contributed by atoms with Gasteiger partial charge in [0.1, 0.15) is 5.82 Å². The molecular weight excluding hydrogens is 298 g/mol. The quantitative estimate of drug-likeness (QED) is 0.926. The molecule has 1 aliphatic carbocycles. The van der Waals surface area contributed by atoms with Gasteiger partial charge < -0.3 is 5.73 Å². The first-order chi connectivity index (χ1) is 8.07. The van der Waals surface area contributed by atoms with Gasteiger partial charge in [-0.25, -0.2) is 9.97 Å². The molecule has 3 nitrogen and oxygen atoms in total. The zero-order chi connectivity index (χ0) is 12.0. The van der Waals surface area contributed by atoms with Crippen LogP contribution in [0.2, 0.25) is 0 Å². The van der Waals surface area contributed by atoms with Gasteiger partial charge in [-0.3, -0.25) is 0 Å². The SMILES string of the molecule is Cc1cc(-c2cc(Br)cs2)nc(C2(N)CC2)n1. The van der Waals surface area contributed by atoms with Crippen LogP contribution in [0.1, 0.15) is 24.4 Å². The molecular formula is C12H12BrN3S. The van der Waals surface area contributed by atoms with Crippen molar-refractivity contribution in [3.63, 3.8) is 0 Å². The second-order valence-electron chi connectivity index (χ2n) is 4.50. The average Bonchev–Trinajstić information content (AvgIpc) is 2.88. The first-order valence-corrected chi connectivity index (χ1v) is 7.14. The highest BCUT2D eigenvalue weighted by atomic mass is 79.9. The number of halogens is 1. The van der Waals surface area contributed by atoms with Crippen LogP contribution in [0, 0.1) is 6.92 Å². The number of hydrogen-bond acceptors (Lipinski definition) is 4. The normalized spacial score (nSPS) is 17.1. The fourth-order valence-corrected chi connectivity index (χ4v) is 3.11. The maximum absolute atomic E-state index is 6.16. The van der Waals surface area contributed by atoms with E-state index in [2.05, 4.69) is 37.3 Å². The lowest BCUT2D eigenvalue weighted by Crippen LogP contribution is -2.22. The Bertz CT molecular complexity index is 575. The third kappa shape index (κ3) is 2.14. The van der Waals surface area contributed by atoms with Crippen LogP contribution < -0.4 is 5.73 Å². The molecule has 0 aromatic carbocycles. The first-order valence-electron chi connectivity index (χ1n) is 5.46. The van der Waals surface area contributed by atoms with Crippen molar-refractivity contribution in [3.05, 3.63) is 33.5 Å². The minimum absolute atomic E-state index is 0.269. The molecule has 1 aliphatic rings. The molecule has 5 heteroatoms. The number of rotatable bonds is 2. The Morgan fingerprint density at radius 3 is 2.71 bits per heavy atom. The second-order valence-corrected chi connectivity index (χ2v) is 6.33. The number of aryl methyl sites for hydroxylation is 1. The number of thiophene rings is 1. The molecule has 0 unspecified atom stereocenters. The molecule has 0 radical (unpaired) electrons. The van der Waals surface area contributed by atoms with Gasteiger partial charge in [0.2, 0.25) is 0 Å². The van der Waals surface area contributed by atoms with Gasteiger partial charge in [-0.05, 0) is 47.8 Å². The van der Waals surface area contributed by atoms with Gasteiger partial charge in [0.15, 0.2) is 0 Å². The number of nitrogens with zero attached hydrogens (tertiary/aromatic N) is 2. The number of hydrogen-bond donors (Lipinski definition) is 1. The van der Waals surface area contributed by atoms with Crippen molar-refractivity contribution < 1.29 is 0 Å². The molecule has 2 aromatic rings.